The second-order valence-corrected chi connectivity index (χ2v) is 5.26. The minimum Gasteiger partial charge on any atom is -0.384 e. The smallest absolute Gasteiger partial charge is 0.105 e. The molecule has 3 aromatic rings. The van der Waals surface area contributed by atoms with E-state index in [-0.39, 0.29) is 0 Å². The Kier molecular flexibility index (Phi) is 3.43. The van der Waals surface area contributed by atoms with Gasteiger partial charge in [0.25, 0.3) is 0 Å². The maximum Gasteiger partial charge on any atom is 0.105 e. The van der Waals surface area contributed by atoms with Gasteiger partial charge in [-0.3, -0.25) is 4.98 Å². The first-order valence-electron chi connectivity index (χ1n) is 6.44. The lowest BCUT2D eigenvalue weighted by molar-refractivity contribution is 0.221. The van der Waals surface area contributed by atoms with Crippen molar-refractivity contribution < 1.29 is 5.11 Å². The zero-order chi connectivity index (χ0) is 14.1. The van der Waals surface area contributed by atoms with Crippen LogP contribution in [0.2, 0.25) is 5.02 Å². The Balaban J connectivity index is 2.15. The molecule has 2 nitrogen and oxygen atoms in total. The third-order valence-electron chi connectivity index (χ3n) is 3.50. The molecule has 3 heteroatoms. The van der Waals surface area contributed by atoms with Gasteiger partial charge in [-0.1, -0.05) is 35.9 Å². The van der Waals surface area contributed by atoms with E-state index >= 15 is 0 Å². The Bertz CT molecular complexity index is 765. The summed E-state index contributed by atoms with van der Waals surface area (Å²) in [6, 6.07) is 15.2. The zero-order valence-electron chi connectivity index (χ0n) is 11.0. The van der Waals surface area contributed by atoms with Crippen LogP contribution in [0.25, 0.3) is 10.9 Å². The van der Waals surface area contributed by atoms with Crippen LogP contribution in [-0.4, -0.2) is 10.1 Å². The number of pyridine rings is 1. The second-order valence-electron chi connectivity index (χ2n) is 4.82. The number of aromatic nitrogens is 1. The molecule has 3 rings (SSSR count). The highest BCUT2D eigenvalue weighted by atomic mass is 35.5. The molecule has 0 bridgehead atoms. The lowest BCUT2D eigenvalue weighted by Crippen LogP contribution is -2.03. The molecule has 1 heterocycles. The van der Waals surface area contributed by atoms with Gasteiger partial charge >= 0.3 is 0 Å². The van der Waals surface area contributed by atoms with Gasteiger partial charge in [0.05, 0.1) is 5.52 Å². The zero-order valence-corrected chi connectivity index (χ0v) is 11.8. The summed E-state index contributed by atoms with van der Waals surface area (Å²) in [6.45, 7) is 1.95. The molecule has 100 valence electrons. The van der Waals surface area contributed by atoms with Gasteiger partial charge in [0.1, 0.15) is 6.10 Å². The predicted molar refractivity (Wildman–Crippen MR) is 82.0 cm³/mol. The first kappa shape index (κ1) is 13.1. The quantitative estimate of drug-likeness (QED) is 0.761. The number of nitrogens with zero attached hydrogens (tertiary/aromatic N) is 1. The first-order valence-corrected chi connectivity index (χ1v) is 6.82. The first-order chi connectivity index (χ1) is 9.66. The molecule has 1 N–H and O–H groups in total. The fourth-order valence-corrected chi connectivity index (χ4v) is 2.71. The molecule has 0 saturated carbocycles. The highest BCUT2D eigenvalue weighted by molar-refractivity contribution is 6.30. The molecular weight excluding hydrogens is 270 g/mol. The molecule has 0 fully saturated rings. The second kappa shape index (κ2) is 5.23. The van der Waals surface area contributed by atoms with Crippen LogP contribution < -0.4 is 0 Å². The number of aliphatic hydroxyl groups excluding tert-OH is 1. The summed E-state index contributed by atoms with van der Waals surface area (Å²) < 4.78 is 0. The van der Waals surface area contributed by atoms with Crippen LogP contribution in [0, 0.1) is 6.92 Å². The molecule has 2 aromatic carbocycles. The number of rotatable bonds is 2. The van der Waals surface area contributed by atoms with Crippen molar-refractivity contribution in [3.63, 3.8) is 0 Å². The summed E-state index contributed by atoms with van der Waals surface area (Å²) in [6.07, 6.45) is 1.08. The number of benzene rings is 2. The summed E-state index contributed by atoms with van der Waals surface area (Å²) in [4.78, 5) is 4.32. The molecular formula is C17H14ClNO. The van der Waals surface area contributed by atoms with E-state index in [2.05, 4.69) is 4.98 Å². The van der Waals surface area contributed by atoms with E-state index in [1.807, 2.05) is 49.4 Å². The van der Waals surface area contributed by atoms with Crippen LogP contribution >= 0.6 is 11.6 Å². The van der Waals surface area contributed by atoms with Crippen molar-refractivity contribution in [2.75, 3.05) is 0 Å². The van der Waals surface area contributed by atoms with Gasteiger partial charge in [0.2, 0.25) is 0 Å². The Morgan fingerprint density at radius 1 is 1.05 bits per heavy atom. The molecule has 0 radical (unpaired) electrons. The molecule has 0 amide bonds. The lowest BCUT2D eigenvalue weighted by Gasteiger charge is -2.16. The summed E-state index contributed by atoms with van der Waals surface area (Å²) in [7, 11) is 0. The molecule has 0 aliphatic rings. The Hall–Kier alpha value is -1.90. The van der Waals surface area contributed by atoms with Gasteiger partial charge < -0.3 is 5.11 Å². The molecule has 0 aliphatic carbocycles. The minimum absolute atomic E-state index is 0.679. The van der Waals surface area contributed by atoms with Crippen LogP contribution in [0.5, 0.6) is 0 Å². The largest absolute Gasteiger partial charge is 0.384 e. The lowest BCUT2D eigenvalue weighted by atomic mass is 9.95. The van der Waals surface area contributed by atoms with E-state index in [0.717, 1.165) is 27.6 Å². The van der Waals surface area contributed by atoms with Crippen molar-refractivity contribution in [2.45, 2.75) is 13.0 Å². The third-order valence-corrected chi connectivity index (χ3v) is 3.74. The monoisotopic (exact) mass is 283 g/mol. The summed E-state index contributed by atoms with van der Waals surface area (Å²) >= 11 is 5.97. The maximum atomic E-state index is 10.7. The third kappa shape index (κ3) is 2.28. The Morgan fingerprint density at radius 3 is 2.70 bits per heavy atom. The standard InChI is InChI=1S/C17H14ClNO/c1-11-10-12(18)7-8-13(11)17(20)15-4-2-6-16-14(15)5-3-9-19-16/h2-10,17,20H,1H3. The summed E-state index contributed by atoms with van der Waals surface area (Å²) in [5.74, 6) is 0. The number of hydrogen-bond donors (Lipinski definition) is 1. The van der Waals surface area contributed by atoms with Crippen molar-refractivity contribution >= 4 is 22.5 Å². The van der Waals surface area contributed by atoms with Crippen molar-refractivity contribution in [1.29, 1.82) is 0 Å². The minimum atomic E-state index is -0.680. The van der Waals surface area contributed by atoms with Gasteiger partial charge in [-0.2, -0.15) is 0 Å². The molecule has 1 atom stereocenters. The number of halogens is 1. The van der Waals surface area contributed by atoms with Gasteiger partial charge in [-0.15, -0.1) is 0 Å². The molecule has 1 unspecified atom stereocenters. The number of hydrogen-bond acceptors (Lipinski definition) is 2. The number of aryl methyl sites for hydroxylation is 1. The van der Waals surface area contributed by atoms with Crippen LogP contribution in [-0.2, 0) is 0 Å². The summed E-state index contributed by atoms with van der Waals surface area (Å²) in [5, 5.41) is 12.3. The molecule has 1 aromatic heterocycles. The maximum absolute atomic E-state index is 10.7. The summed E-state index contributed by atoms with van der Waals surface area (Å²) in [5.41, 5.74) is 3.59. The highest BCUT2D eigenvalue weighted by Crippen LogP contribution is 2.30. The van der Waals surface area contributed by atoms with Crippen LogP contribution in [0.3, 0.4) is 0 Å². The highest BCUT2D eigenvalue weighted by Gasteiger charge is 2.15. The molecule has 0 spiro atoms. The van der Waals surface area contributed by atoms with Crippen molar-refractivity contribution in [1.82, 2.24) is 4.98 Å². The number of fused-ring (bicyclic) bond motifs is 1. The van der Waals surface area contributed by atoms with E-state index in [0.29, 0.717) is 5.02 Å². The van der Waals surface area contributed by atoms with E-state index in [9.17, 15) is 5.11 Å². The number of aliphatic hydroxyl groups is 1. The molecule has 0 saturated heterocycles. The fraction of sp³-hybridized carbons (Fsp3) is 0.118. The van der Waals surface area contributed by atoms with E-state index in [4.69, 9.17) is 11.6 Å². The van der Waals surface area contributed by atoms with Crippen molar-refractivity contribution in [3.8, 4) is 0 Å². The topological polar surface area (TPSA) is 33.1 Å². The van der Waals surface area contributed by atoms with Gasteiger partial charge in [-0.05, 0) is 47.9 Å². The van der Waals surface area contributed by atoms with Crippen LogP contribution in [0.15, 0.2) is 54.7 Å². The SMILES string of the molecule is Cc1cc(Cl)ccc1C(O)c1cccc2ncccc12. The van der Waals surface area contributed by atoms with Gasteiger partial charge in [-0.25, -0.2) is 0 Å². The van der Waals surface area contributed by atoms with Crippen molar-refractivity contribution in [2.24, 2.45) is 0 Å². The Morgan fingerprint density at radius 2 is 1.90 bits per heavy atom. The van der Waals surface area contributed by atoms with Gasteiger partial charge in [0.15, 0.2) is 0 Å². The van der Waals surface area contributed by atoms with Crippen LogP contribution in [0.1, 0.15) is 22.8 Å². The van der Waals surface area contributed by atoms with E-state index in [1.165, 1.54) is 0 Å². The average molecular weight is 284 g/mol. The molecule has 20 heavy (non-hydrogen) atoms. The van der Waals surface area contributed by atoms with Crippen LogP contribution in [0.4, 0.5) is 0 Å². The predicted octanol–water partition coefficient (Wildman–Crippen LogP) is 4.28. The Labute approximate surface area is 122 Å². The van der Waals surface area contributed by atoms with E-state index in [1.54, 1.807) is 12.3 Å². The van der Waals surface area contributed by atoms with Crippen molar-refractivity contribution in [3.05, 3.63) is 76.4 Å². The fourth-order valence-electron chi connectivity index (χ4n) is 2.48. The van der Waals surface area contributed by atoms with E-state index < -0.39 is 6.10 Å². The normalized spacial score (nSPS) is 12.6. The average Bonchev–Trinajstić information content (AvgIpc) is 2.46. The van der Waals surface area contributed by atoms with Gasteiger partial charge in [0, 0.05) is 16.6 Å². The molecule has 0 aliphatic heterocycles.